The molecule has 2 aromatic carbocycles. The van der Waals surface area contributed by atoms with Crippen LogP contribution in [0.15, 0.2) is 41.6 Å². The number of rotatable bonds is 7. The van der Waals surface area contributed by atoms with Crippen LogP contribution in [0.1, 0.15) is 31.3 Å². The third-order valence-corrected chi connectivity index (χ3v) is 5.73. The van der Waals surface area contributed by atoms with Crippen LogP contribution >= 0.6 is 35.0 Å². The van der Waals surface area contributed by atoms with E-state index in [4.69, 9.17) is 27.9 Å². The van der Waals surface area contributed by atoms with Crippen molar-refractivity contribution in [3.8, 4) is 5.75 Å². The first kappa shape index (κ1) is 20.9. The number of thioether (sulfide) groups is 1. The van der Waals surface area contributed by atoms with Crippen molar-refractivity contribution < 1.29 is 13.5 Å². The first-order valence-electron chi connectivity index (χ1n) is 8.51. The van der Waals surface area contributed by atoms with Crippen molar-refractivity contribution in [3.63, 3.8) is 0 Å². The molecule has 0 aliphatic rings. The molecule has 1 aromatic heterocycles. The van der Waals surface area contributed by atoms with Crippen molar-refractivity contribution in [1.29, 1.82) is 0 Å². The molecule has 0 N–H and O–H groups in total. The standard InChI is InChI=1S/C19H17Cl2F2N3OS/c1-3-26-18(11(2)27-17-8-7-12(22)9-16(17)23)24-25-19(26)28-10-13-14(20)5-4-6-15(13)21/h4-9,11H,3,10H2,1-2H3. The summed E-state index contributed by atoms with van der Waals surface area (Å²) in [5.41, 5.74) is 0.820. The van der Waals surface area contributed by atoms with Crippen LogP contribution in [0, 0.1) is 11.6 Å². The molecule has 0 spiro atoms. The Hall–Kier alpha value is -1.83. The van der Waals surface area contributed by atoms with E-state index in [1.54, 1.807) is 25.1 Å². The predicted molar refractivity (Wildman–Crippen MR) is 107 cm³/mol. The van der Waals surface area contributed by atoms with Gasteiger partial charge in [0.2, 0.25) is 0 Å². The summed E-state index contributed by atoms with van der Waals surface area (Å²) in [5.74, 6) is -0.405. The molecule has 0 saturated carbocycles. The van der Waals surface area contributed by atoms with Gasteiger partial charge in [0.1, 0.15) is 5.82 Å². The highest BCUT2D eigenvalue weighted by Crippen LogP contribution is 2.32. The Morgan fingerprint density at radius 2 is 1.86 bits per heavy atom. The van der Waals surface area contributed by atoms with E-state index >= 15 is 0 Å². The van der Waals surface area contributed by atoms with Gasteiger partial charge in [-0.2, -0.15) is 0 Å². The first-order valence-corrected chi connectivity index (χ1v) is 10.2. The summed E-state index contributed by atoms with van der Waals surface area (Å²) in [7, 11) is 0. The second kappa shape index (κ2) is 9.11. The lowest BCUT2D eigenvalue weighted by Gasteiger charge is -2.16. The normalized spacial score (nSPS) is 12.2. The highest BCUT2D eigenvalue weighted by molar-refractivity contribution is 7.98. The zero-order chi connectivity index (χ0) is 20.3. The molecule has 9 heteroatoms. The third-order valence-electron chi connectivity index (χ3n) is 4.03. The molecular weight excluding hydrogens is 427 g/mol. The van der Waals surface area contributed by atoms with E-state index < -0.39 is 17.7 Å². The summed E-state index contributed by atoms with van der Waals surface area (Å²) < 4.78 is 34.4. The number of aromatic nitrogens is 3. The zero-order valence-electron chi connectivity index (χ0n) is 15.1. The Morgan fingerprint density at radius 1 is 1.14 bits per heavy atom. The first-order chi connectivity index (χ1) is 13.4. The van der Waals surface area contributed by atoms with Crippen molar-refractivity contribution >= 4 is 35.0 Å². The Balaban J connectivity index is 1.77. The molecule has 0 amide bonds. The monoisotopic (exact) mass is 443 g/mol. The number of nitrogens with zero attached hydrogens (tertiary/aromatic N) is 3. The van der Waals surface area contributed by atoms with Gasteiger partial charge >= 0.3 is 0 Å². The number of ether oxygens (including phenoxy) is 1. The van der Waals surface area contributed by atoms with Crippen molar-refractivity contribution in [2.75, 3.05) is 0 Å². The SMILES string of the molecule is CCn1c(SCc2c(Cl)cccc2Cl)nnc1C(C)Oc1ccc(F)cc1F. The van der Waals surface area contributed by atoms with Gasteiger partial charge in [-0.25, -0.2) is 8.78 Å². The minimum atomic E-state index is -0.766. The summed E-state index contributed by atoms with van der Waals surface area (Å²) in [5, 5.41) is 10.3. The van der Waals surface area contributed by atoms with E-state index in [2.05, 4.69) is 10.2 Å². The minimum absolute atomic E-state index is 0.0448. The maximum absolute atomic E-state index is 13.9. The zero-order valence-corrected chi connectivity index (χ0v) is 17.5. The largest absolute Gasteiger partial charge is 0.480 e. The highest BCUT2D eigenvalue weighted by atomic mass is 35.5. The van der Waals surface area contributed by atoms with E-state index in [-0.39, 0.29) is 5.75 Å². The van der Waals surface area contributed by atoms with Gasteiger partial charge in [0.15, 0.2) is 28.7 Å². The number of benzene rings is 2. The molecule has 0 saturated heterocycles. The van der Waals surface area contributed by atoms with Gasteiger partial charge in [0.25, 0.3) is 0 Å². The topological polar surface area (TPSA) is 39.9 Å². The Kier molecular flexibility index (Phi) is 6.80. The molecule has 0 bridgehead atoms. The van der Waals surface area contributed by atoms with Crippen molar-refractivity contribution in [2.24, 2.45) is 0 Å². The molecule has 4 nitrogen and oxygen atoms in total. The van der Waals surface area contributed by atoms with Crippen LogP contribution in [0.25, 0.3) is 0 Å². The molecule has 28 heavy (non-hydrogen) atoms. The van der Waals surface area contributed by atoms with Crippen LogP contribution in [-0.4, -0.2) is 14.8 Å². The molecule has 3 rings (SSSR count). The average Bonchev–Trinajstić information content (AvgIpc) is 3.06. The second-order valence-electron chi connectivity index (χ2n) is 5.91. The van der Waals surface area contributed by atoms with Crippen molar-refractivity contribution in [3.05, 3.63) is 69.5 Å². The van der Waals surface area contributed by atoms with Crippen LogP contribution in [-0.2, 0) is 12.3 Å². The van der Waals surface area contributed by atoms with Crippen LogP contribution < -0.4 is 4.74 Å². The molecule has 148 valence electrons. The smallest absolute Gasteiger partial charge is 0.191 e. The molecular formula is C19H17Cl2F2N3OS. The Bertz CT molecular complexity index is 964. The summed E-state index contributed by atoms with van der Waals surface area (Å²) in [6.45, 7) is 4.28. The van der Waals surface area contributed by atoms with Gasteiger partial charge in [-0.05, 0) is 43.7 Å². The van der Waals surface area contributed by atoms with E-state index in [9.17, 15) is 8.78 Å². The second-order valence-corrected chi connectivity index (χ2v) is 7.67. The highest BCUT2D eigenvalue weighted by Gasteiger charge is 2.20. The van der Waals surface area contributed by atoms with E-state index in [1.807, 2.05) is 11.5 Å². The number of hydrogen-bond acceptors (Lipinski definition) is 4. The fourth-order valence-corrected chi connectivity index (χ4v) is 4.38. The molecule has 0 aliphatic carbocycles. The van der Waals surface area contributed by atoms with Crippen LogP contribution in [0.4, 0.5) is 8.78 Å². The molecule has 0 aliphatic heterocycles. The molecule has 1 heterocycles. The van der Waals surface area contributed by atoms with Gasteiger partial charge in [-0.1, -0.05) is 41.0 Å². The summed E-state index contributed by atoms with van der Waals surface area (Å²) in [6.07, 6.45) is -0.578. The van der Waals surface area contributed by atoms with E-state index in [0.717, 1.165) is 17.7 Å². The molecule has 3 aromatic rings. The lowest BCUT2D eigenvalue weighted by Crippen LogP contribution is -2.12. The molecule has 1 atom stereocenters. The van der Waals surface area contributed by atoms with Crippen molar-refractivity contribution in [2.45, 2.75) is 37.4 Å². The molecule has 0 radical (unpaired) electrons. The summed E-state index contributed by atoms with van der Waals surface area (Å²) in [6, 6.07) is 8.53. The van der Waals surface area contributed by atoms with Gasteiger partial charge < -0.3 is 9.30 Å². The van der Waals surface area contributed by atoms with Gasteiger partial charge in [0.05, 0.1) is 0 Å². The maximum atomic E-state index is 13.9. The summed E-state index contributed by atoms with van der Waals surface area (Å²) in [4.78, 5) is 0. The fourth-order valence-electron chi connectivity index (χ4n) is 2.63. The summed E-state index contributed by atoms with van der Waals surface area (Å²) >= 11 is 13.9. The predicted octanol–water partition coefficient (Wildman–Crippen LogP) is 6.32. The Labute approximate surface area is 175 Å². The van der Waals surface area contributed by atoms with Crippen LogP contribution in [0.5, 0.6) is 5.75 Å². The van der Waals surface area contributed by atoms with Crippen molar-refractivity contribution in [1.82, 2.24) is 14.8 Å². The quantitative estimate of drug-likeness (QED) is 0.400. The van der Waals surface area contributed by atoms with Gasteiger partial charge in [0, 0.05) is 28.4 Å². The lowest BCUT2D eigenvalue weighted by atomic mass is 10.2. The molecule has 0 fully saturated rings. The van der Waals surface area contributed by atoms with Gasteiger partial charge in [-0.15, -0.1) is 10.2 Å². The number of halogens is 4. The third kappa shape index (κ3) is 4.59. The van der Waals surface area contributed by atoms with Crippen LogP contribution in [0.2, 0.25) is 10.0 Å². The Morgan fingerprint density at radius 3 is 2.50 bits per heavy atom. The number of hydrogen-bond donors (Lipinski definition) is 0. The maximum Gasteiger partial charge on any atom is 0.191 e. The lowest BCUT2D eigenvalue weighted by molar-refractivity contribution is 0.200. The molecule has 1 unspecified atom stereocenters. The average molecular weight is 444 g/mol. The van der Waals surface area contributed by atoms with Gasteiger partial charge in [-0.3, -0.25) is 0 Å². The minimum Gasteiger partial charge on any atom is -0.480 e. The van der Waals surface area contributed by atoms with Crippen LogP contribution in [0.3, 0.4) is 0 Å². The fraction of sp³-hybridized carbons (Fsp3) is 0.263. The van der Waals surface area contributed by atoms with E-state index in [0.29, 0.717) is 33.3 Å². The van der Waals surface area contributed by atoms with E-state index in [1.165, 1.54) is 17.8 Å².